The molecule has 0 spiro atoms. The molecule has 1 rings (SSSR count). The number of methoxy groups -OCH3 is 1. The summed E-state index contributed by atoms with van der Waals surface area (Å²) in [6.45, 7) is 0. The smallest absolute Gasteiger partial charge is 0.388 e. The van der Waals surface area contributed by atoms with Gasteiger partial charge in [0, 0.05) is 5.56 Å². The number of ether oxygens (including phenoxy) is 1. The third-order valence-electron chi connectivity index (χ3n) is 2.05. The third-order valence-corrected chi connectivity index (χ3v) is 2.40. The first-order valence-electron chi connectivity index (χ1n) is 5.17. The van der Waals surface area contributed by atoms with Crippen molar-refractivity contribution in [2.75, 3.05) is 13.4 Å². The first kappa shape index (κ1) is 16.0. The van der Waals surface area contributed by atoms with E-state index >= 15 is 0 Å². The van der Waals surface area contributed by atoms with Gasteiger partial charge in [-0.1, -0.05) is 35.5 Å². The van der Waals surface area contributed by atoms with Crippen LogP contribution in [0.25, 0.3) is 0 Å². The zero-order valence-electron chi connectivity index (χ0n) is 10.5. The molecule has 0 aliphatic rings. The van der Waals surface area contributed by atoms with Crippen LogP contribution < -0.4 is 0 Å². The average Bonchev–Trinajstić information content (AvgIpc) is 2.37. The number of hydrogen-bond donors (Lipinski definition) is 0. The molecule has 0 N–H and O–H groups in total. The maximum atomic E-state index is 13.9. The van der Waals surface area contributed by atoms with Crippen molar-refractivity contribution in [3.05, 3.63) is 35.9 Å². The van der Waals surface area contributed by atoms with Crippen molar-refractivity contribution in [1.29, 1.82) is 0 Å². The highest BCUT2D eigenvalue weighted by molar-refractivity contribution is 7.85. The number of hydrogen-bond acceptors (Lipinski definition) is 6. The standard InChI is InChI=1S/C11H11F2NO5S/c1-18-10(15)11(12,13)9(14-19-20(2,16)17)8-6-4-3-5-7-8/h3-7H,1-2H3. The Bertz CT molecular complexity index is 613. The molecule has 0 fully saturated rings. The minimum Gasteiger partial charge on any atom is -0.464 e. The van der Waals surface area contributed by atoms with E-state index in [-0.39, 0.29) is 5.56 Å². The Hall–Kier alpha value is -2.03. The number of halogens is 2. The van der Waals surface area contributed by atoms with Crippen molar-refractivity contribution in [3.63, 3.8) is 0 Å². The number of carbonyl (C=O) groups excluding carboxylic acids is 1. The van der Waals surface area contributed by atoms with Gasteiger partial charge in [-0.05, 0) is 0 Å². The molecule has 0 atom stereocenters. The van der Waals surface area contributed by atoms with Crippen LogP contribution in [-0.4, -0.2) is 39.4 Å². The van der Waals surface area contributed by atoms with Gasteiger partial charge in [-0.3, -0.25) is 4.28 Å². The van der Waals surface area contributed by atoms with Gasteiger partial charge in [0.25, 0.3) is 0 Å². The second-order valence-electron chi connectivity index (χ2n) is 3.65. The van der Waals surface area contributed by atoms with Gasteiger partial charge in [-0.15, -0.1) is 0 Å². The molecule has 0 saturated carbocycles. The van der Waals surface area contributed by atoms with E-state index in [9.17, 15) is 22.0 Å². The molecule has 110 valence electrons. The summed E-state index contributed by atoms with van der Waals surface area (Å²) in [6.07, 6.45) is 0.634. The van der Waals surface area contributed by atoms with E-state index in [0.29, 0.717) is 6.26 Å². The van der Waals surface area contributed by atoms with Gasteiger partial charge in [0.05, 0.1) is 13.4 Å². The summed E-state index contributed by atoms with van der Waals surface area (Å²) in [5, 5.41) is 2.88. The van der Waals surface area contributed by atoms with Gasteiger partial charge in [0.2, 0.25) is 0 Å². The first-order valence-corrected chi connectivity index (χ1v) is 6.99. The van der Waals surface area contributed by atoms with Crippen molar-refractivity contribution >= 4 is 21.8 Å². The Morgan fingerprint density at radius 2 is 1.80 bits per heavy atom. The van der Waals surface area contributed by atoms with Gasteiger partial charge in [0.15, 0.2) is 5.71 Å². The number of benzene rings is 1. The second kappa shape index (κ2) is 5.95. The van der Waals surface area contributed by atoms with E-state index < -0.39 is 27.7 Å². The van der Waals surface area contributed by atoms with Crippen LogP contribution in [0.1, 0.15) is 5.56 Å². The van der Waals surface area contributed by atoms with Crippen LogP contribution in [0.5, 0.6) is 0 Å². The molecule has 0 unspecified atom stereocenters. The van der Waals surface area contributed by atoms with Crippen molar-refractivity contribution in [3.8, 4) is 0 Å². The molecule has 20 heavy (non-hydrogen) atoms. The van der Waals surface area contributed by atoms with Crippen molar-refractivity contribution in [2.24, 2.45) is 5.16 Å². The predicted octanol–water partition coefficient (Wildman–Crippen LogP) is 1.18. The zero-order chi connectivity index (χ0) is 15.4. The van der Waals surface area contributed by atoms with Crippen LogP contribution >= 0.6 is 0 Å². The Morgan fingerprint density at radius 1 is 1.25 bits per heavy atom. The number of nitrogens with zero attached hydrogens (tertiary/aromatic N) is 1. The summed E-state index contributed by atoms with van der Waals surface area (Å²) in [7, 11) is -3.32. The minimum atomic E-state index is -4.15. The molecule has 0 bridgehead atoms. The van der Waals surface area contributed by atoms with Crippen LogP contribution in [-0.2, 0) is 23.9 Å². The highest BCUT2D eigenvalue weighted by Crippen LogP contribution is 2.23. The van der Waals surface area contributed by atoms with E-state index in [1.807, 2.05) is 0 Å². The lowest BCUT2D eigenvalue weighted by atomic mass is 10.0. The summed E-state index contributed by atoms with van der Waals surface area (Å²) in [5.41, 5.74) is -1.33. The van der Waals surface area contributed by atoms with Crippen molar-refractivity contribution < 1.29 is 31.0 Å². The average molecular weight is 307 g/mol. The van der Waals surface area contributed by atoms with Crippen LogP contribution in [0.2, 0.25) is 0 Å². The number of carbonyl (C=O) groups is 1. The van der Waals surface area contributed by atoms with Crippen LogP contribution in [0.3, 0.4) is 0 Å². The number of alkyl halides is 2. The maximum absolute atomic E-state index is 13.9. The number of rotatable bonds is 5. The van der Waals surface area contributed by atoms with Gasteiger partial charge < -0.3 is 4.74 Å². The SMILES string of the molecule is COC(=O)C(F)(F)C(=NOS(C)(=O)=O)c1ccccc1. The van der Waals surface area contributed by atoms with Gasteiger partial charge in [0.1, 0.15) is 0 Å². The molecule has 1 aromatic rings. The maximum Gasteiger partial charge on any atom is 0.388 e. The second-order valence-corrected chi connectivity index (χ2v) is 5.21. The van der Waals surface area contributed by atoms with Crippen LogP contribution in [0.4, 0.5) is 8.78 Å². The summed E-state index contributed by atoms with van der Waals surface area (Å²) in [6, 6.07) is 6.83. The predicted molar refractivity (Wildman–Crippen MR) is 65.9 cm³/mol. The number of esters is 1. The quantitative estimate of drug-likeness (QED) is 0.463. The summed E-state index contributed by atoms with van der Waals surface area (Å²) >= 11 is 0. The molecule has 1 aromatic carbocycles. The molecule has 6 nitrogen and oxygen atoms in total. The fourth-order valence-electron chi connectivity index (χ4n) is 1.22. The van der Waals surface area contributed by atoms with E-state index in [4.69, 9.17) is 0 Å². The van der Waals surface area contributed by atoms with E-state index in [1.54, 1.807) is 6.07 Å². The van der Waals surface area contributed by atoms with E-state index in [1.165, 1.54) is 24.3 Å². The Morgan fingerprint density at radius 3 is 2.25 bits per heavy atom. The fraction of sp³-hybridized carbons (Fsp3) is 0.273. The topological polar surface area (TPSA) is 82.0 Å². The van der Waals surface area contributed by atoms with Crippen molar-refractivity contribution in [2.45, 2.75) is 5.92 Å². The Kier molecular flexibility index (Phi) is 4.77. The van der Waals surface area contributed by atoms with E-state index in [2.05, 4.69) is 14.2 Å². The number of oxime groups is 1. The molecule has 0 aliphatic heterocycles. The minimum absolute atomic E-state index is 0.174. The van der Waals surface area contributed by atoms with Gasteiger partial charge in [-0.25, -0.2) is 4.79 Å². The lowest BCUT2D eigenvalue weighted by molar-refractivity contribution is -0.159. The lowest BCUT2D eigenvalue weighted by Crippen LogP contribution is -2.39. The largest absolute Gasteiger partial charge is 0.464 e. The zero-order valence-corrected chi connectivity index (χ0v) is 11.4. The molecule has 0 aliphatic carbocycles. The lowest BCUT2D eigenvalue weighted by Gasteiger charge is -2.15. The molecule has 0 saturated heterocycles. The molecule has 0 radical (unpaired) electrons. The van der Waals surface area contributed by atoms with E-state index in [0.717, 1.165) is 7.11 Å². The van der Waals surface area contributed by atoms with Crippen LogP contribution in [0, 0.1) is 0 Å². The molecule has 0 amide bonds. The summed E-state index contributed by atoms with van der Waals surface area (Å²) < 4.78 is 57.4. The molecule has 0 aromatic heterocycles. The highest BCUT2D eigenvalue weighted by Gasteiger charge is 2.47. The molecular weight excluding hydrogens is 296 g/mol. The van der Waals surface area contributed by atoms with Gasteiger partial charge >= 0.3 is 22.0 Å². The summed E-state index contributed by atoms with van der Waals surface area (Å²) in [5.74, 6) is -6.03. The Balaban J connectivity index is 3.32. The van der Waals surface area contributed by atoms with Crippen LogP contribution in [0.15, 0.2) is 35.5 Å². The highest BCUT2D eigenvalue weighted by atomic mass is 32.2. The fourth-order valence-corrected chi connectivity index (χ4v) is 1.43. The molecule has 0 heterocycles. The normalized spacial score (nSPS) is 12.9. The monoisotopic (exact) mass is 307 g/mol. The Labute approximate surface area is 114 Å². The van der Waals surface area contributed by atoms with Gasteiger partial charge in [-0.2, -0.15) is 17.2 Å². The van der Waals surface area contributed by atoms with Crippen molar-refractivity contribution in [1.82, 2.24) is 0 Å². The third kappa shape index (κ3) is 3.98. The first-order chi connectivity index (χ1) is 9.18. The molecular formula is C11H11F2NO5S. The molecule has 9 heteroatoms. The summed E-state index contributed by atoms with van der Waals surface area (Å²) in [4.78, 5) is 11.1.